The largest absolute Gasteiger partial charge is 0.486 e. The summed E-state index contributed by atoms with van der Waals surface area (Å²) < 4.78 is 15.4. The zero-order valence-corrected chi connectivity index (χ0v) is 12.0. The number of halogens is 1. The van der Waals surface area contributed by atoms with Gasteiger partial charge >= 0.3 is 5.97 Å². The molecule has 0 spiro atoms. The zero-order chi connectivity index (χ0) is 14.7. The van der Waals surface area contributed by atoms with Crippen LogP contribution in [-0.4, -0.2) is 32.1 Å². The highest BCUT2D eigenvalue weighted by Crippen LogP contribution is 2.38. The number of esters is 1. The molecular formula is C14H15ClO5. The lowest BCUT2D eigenvalue weighted by molar-refractivity contribution is -0.144. The molecule has 0 amide bonds. The van der Waals surface area contributed by atoms with E-state index in [0.29, 0.717) is 35.3 Å². The molecule has 20 heavy (non-hydrogen) atoms. The van der Waals surface area contributed by atoms with Crippen LogP contribution in [0, 0.1) is 5.92 Å². The fourth-order valence-electron chi connectivity index (χ4n) is 1.95. The number of hydrogen-bond donors (Lipinski definition) is 0. The van der Waals surface area contributed by atoms with Crippen LogP contribution in [0.1, 0.15) is 23.7 Å². The maximum atomic E-state index is 12.2. The molecule has 1 aromatic rings. The summed E-state index contributed by atoms with van der Waals surface area (Å²) >= 11 is 6.07. The number of Topliss-reactive ketones (excluding diaryl/α,β-unsaturated/α-hetero) is 1. The molecule has 0 saturated carbocycles. The summed E-state index contributed by atoms with van der Waals surface area (Å²) in [4.78, 5) is 23.5. The van der Waals surface area contributed by atoms with Gasteiger partial charge in [-0.15, -0.1) is 0 Å². The number of ether oxygens (including phenoxy) is 3. The van der Waals surface area contributed by atoms with E-state index in [1.165, 1.54) is 13.2 Å². The van der Waals surface area contributed by atoms with Crippen molar-refractivity contribution in [1.29, 1.82) is 0 Å². The Morgan fingerprint density at radius 3 is 2.75 bits per heavy atom. The lowest BCUT2D eigenvalue weighted by Gasteiger charge is -2.20. The Labute approximate surface area is 121 Å². The first-order valence-corrected chi connectivity index (χ1v) is 6.61. The van der Waals surface area contributed by atoms with Crippen LogP contribution in [-0.2, 0) is 9.53 Å². The Bertz CT molecular complexity index is 541. The van der Waals surface area contributed by atoms with Crippen molar-refractivity contribution in [3.8, 4) is 11.5 Å². The van der Waals surface area contributed by atoms with Crippen molar-refractivity contribution in [2.45, 2.75) is 13.3 Å². The van der Waals surface area contributed by atoms with Gasteiger partial charge < -0.3 is 14.2 Å². The Morgan fingerprint density at radius 1 is 1.35 bits per heavy atom. The first-order valence-electron chi connectivity index (χ1n) is 6.23. The van der Waals surface area contributed by atoms with Crippen LogP contribution >= 0.6 is 11.6 Å². The Hall–Kier alpha value is -1.75. The minimum absolute atomic E-state index is 0.0582. The third kappa shape index (κ3) is 3.04. The van der Waals surface area contributed by atoms with E-state index in [1.54, 1.807) is 13.0 Å². The maximum absolute atomic E-state index is 12.2. The van der Waals surface area contributed by atoms with Gasteiger partial charge in [0.1, 0.15) is 13.2 Å². The molecule has 1 aromatic carbocycles. The monoisotopic (exact) mass is 298 g/mol. The summed E-state index contributed by atoms with van der Waals surface area (Å²) in [5.74, 6) is -0.198. The van der Waals surface area contributed by atoms with E-state index >= 15 is 0 Å². The number of fused-ring (bicyclic) bond motifs is 1. The molecule has 1 heterocycles. The van der Waals surface area contributed by atoms with Gasteiger partial charge in [0.2, 0.25) is 0 Å². The minimum Gasteiger partial charge on any atom is -0.486 e. The highest BCUT2D eigenvalue weighted by molar-refractivity contribution is 6.32. The summed E-state index contributed by atoms with van der Waals surface area (Å²) in [6.45, 7) is 2.49. The van der Waals surface area contributed by atoms with E-state index in [2.05, 4.69) is 4.74 Å². The highest BCUT2D eigenvalue weighted by atomic mass is 35.5. The molecule has 6 heteroatoms. The summed E-state index contributed by atoms with van der Waals surface area (Å²) in [7, 11) is 1.30. The van der Waals surface area contributed by atoms with Crippen LogP contribution in [0.2, 0.25) is 5.02 Å². The summed E-state index contributed by atoms with van der Waals surface area (Å²) in [5.41, 5.74) is 0.398. The third-order valence-electron chi connectivity index (χ3n) is 3.01. The molecule has 0 bridgehead atoms. The van der Waals surface area contributed by atoms with Crippen molar-refractivity contribution in [3.05, 3.63) is 22.7 Å². The number of methoxy groups -OCH3 is 1. The second-order valence-corrected chi connectivity index (χ2v) is 4.94. The predicted octanol–water partition coefficient (Wildman–Crippen LogP) is 2.49. The standard InChI is InChI=1S/C14H15ClO5/c1-8(14(17)18-2)5-11(16)9-6-10(15)13-12(7-9)19-3-4-20-13/h6-8H,3-5H2,1-2H3. The third-order valence-corrected chi connectivity index (χ3v) is 3.29. The molecular weight excluding hydrogens is 284 g/mol. The van der Waals surface area contributed by atoms with Crippen molar-refractivity contribution in [2.24, 2.45) is 5.92 Å². The normalized spacial score (nSPS) is 14.6. The highest BCUT2D eigenvalue weighted by Gasteiger charge is 2.22. The number of rotatable bonds is 4. The van der Waals surface area contributed by atoms with Crippen molar-refractivity contribution in [3.63, 3.8) is 0 Å². The fraction of sp³-hybridized carbons (Fsp3) is 0.429. The molecule has 1 atom stereocenters. The van der Waals surface area contributed by atoms with Crippen molar-refractivity contribution >= 4 is 23.4 Å². The van der Waals surface area contributed by atoms with Crippen LogP contribution in [0.25, 0.3) is 0 Å². The van der Waals surface area contributed by atoms with Gasteiger partial charge in [-0.3, -0.25) is 9.59 Å². The molecule has 1 aliphatic rings. The molecule has 0 saturated heterocycles. The van der Waals surface area contributed by atoms with Crippen LogP contribution in [0.5, 0.6) is 11.5 Å². The first kappa shape index (κ1) is 14.7. The van der Waals surface area contributed by atoms with Gasteiger partial charge in [-0.2, -0.15) is 0 Å². The Kier molecular flexibility index (Phi) is 4.49. The van der Waals surface area contributed by atoms with Gasteiger partial charge in [0, 0.05) is 12.0 Å². The van der Waals surface area contributed by atoms with E-state index in [0.717, 1.165) is 0 Å². The number of carbonyl (C=O) groups excluding carboxylic acids is 2. The molecule has 1 aliphatic heterocycles. The Balaban J connectivity index is 2.18. The van der Waals surface area contributed by atoms with E-state index in [4.69, 9.17) is 21.1 Å². The molecule has 0 aliphatic carbocycles. The molecule has 0 N–H and O–H groups in total. The number of hydrogen-bond acceptors (Lipinski definition) is 5. The second-order valence-electron chi connectivity index (χ2n) is 4.53. The molecule has 108 valence electrons. The van der Waals surface area contributed by atoms with Gasteiger partial charge in [-0.25, -0.2) is 0 Å². The van der Waals surface area contributed by atoms with Crippen LogP contribution < -0.4 is 9.47 Å². The van der Waals surface area contributed by atoms with E-state index in [9.17, 15) is 9.59 Å². The summed E-state index contributed by atoms with van der Waals surface area (Å²) in [5, 5.41) is 0.330. The maximum Gasteiger partial charge on any atom is 0.308 e. The lowest BCUT2D eigenvalue weighted by Crippen LogP contribution is -2.18. The van der Waals surface area contributed by atoms with Crippen molar-refractivity contribution < 1.29 is 23.8 Å². The van der Waals surface area contributed by atoms with Gasteiger partial charge in [-0.05, 0) is 12.1 Å². The van der Waals surface area contributed by atoms with Crippen molar-refractivity contribution in [2.75, 3.05) is 20.3 Å². The molecule has 0 radical (unpaired) electrons. The van der Waals surface area contributed by atoms with Gasteiger partial charge in [0.15, 0.2) is 17.3 Å². The van der Waals surface area contributed by atoms with Gasteiger partial charge in [0.05, 0.1) is 18.1 Å². The topological polar surface area (TPSA) is 61.8 Å². The molecule has 5 nitrogen and oxygen atoms in total. The van der Waals surface area contributed by atoms with E-state index < -0.39 is 11.9 Å². The van der Waals surface area contributed by atoms with Crippen LogP contribution in [0.3, 0.4) is 0 Å². The molecule has 2 rings (SSSR count). The number of benzene rings is 1. The smallest absolute Gasteiger partial charge is 0.308 e. The van der Waals surface area contributed by atoms with Gasteiger partial charge in [-0.1, -0.05) is 18.5 Å². The Morgan fingerprint density at radius 2 is 2.05 bits per heavy atom. The summed E-state index contributed by atoms with van der Waals surface area (Å²) in [6.07, 6.45) is 0.0582. The summed E-state index contributed by atoms with van der Waals surface area (Å²) in [6, 6.07) is 3.12. The average molecular weight is 299 g/mol. The molecule has 0 fully saturated rings. The minimum atomic E-state index is -0.500. The van der Waals surface area contributed by atoms with E-state index in [1.807, 2.05) is 0 Å². The lowest BCUT2D eigenvalue weighted by atomic mass is 9.99. The predicted molar refractivity (Wildman–Crippen MR) is 72.6 cm³/mol. The number of carbonyl (C=O) groups is 2. The van der Waals surface area contributed by atoms with E-state index in [-0.39, 0.29) is 12.2 Å². The molecule has 1 unspecified atom stereocenters. The first-order chi connectivity index (χ1) is 9.52. The van der Waals surface area contributed by atoms with Gasteiger partial charge in [0.25, 0.3) is 0 Å². The SMILES string of the molecule is COC(=O)C(C)CC(=O)c1cc(Cl)c2c(c1)OCCO2. The second kappa shape index (κ2) is 6.13. The average Bonchev–Trinajstić information content (AvgIpc) is 2.46. The molecule has 0 aromatic heterocycles. The quantitative estimate of drug-likeness (QED) is 0.631. The van der Waals surface area contributed by atoms with Crippen LogP contribution in [0.4, 0.5) is 0 Å². The zero-order valence-electron chi connectivity index (χ0n) is 11.3. The number of ketones is 1. The fourth-order valence-corrected chi connectivity index (χ4v) is 2.22. The van der Waals surface area contributed by atoms with Crippen molar-refractivity contribution in [1.82, 2.24) is 0 Å². The van der Waals surface area contributed by atoms with Crippen LogP contribution in [0.15, 0.2) is 12.1 Å².